The molecule has 1 saturated heterocycles. The zero-order valence-electron chi connectivity index (χ0n) is 15.1. The van der Waals surface area contributed by atoms with Gasteiger partial charge in [-0.2, -0.15) is 0 Å². The maximum atomic E-state index is 12.7. The summed E-state index contributed by atoms with van der Waals surface area (Å²) in [7, 11) is 0. The van der Waals surface area contributed by atoms with Gasteiger partial charge in [-0.05, 0) is 42.2 Å². The van der Waals surface area contributed by atoms with Gasteiger partial charge in [0.25, 0.3) is 0 Å². The molecule has 4 rings (SSSR count). The number of hydrogen-bond acceptors (Lipinski definition) is 4. The van der Waals surface area contributed by atoms with Gasteiger partial charge in [-0.1, -0.05) is 30.3 Å². The van der Waals surface area contributed by atoms with E-state index in [4.69, 9.17) is 5.73 Å². The SMILES string of the molecule is NC(=O)CCc1ccc(NC(=O)C2CC3(CNc4ccccc43)CN2)cc1. The minimum Gasteiger partial charge on any atom is -0.384 e. The third-order valence-electron chi connectivity index (χ3n) is 5.60. The zero-order valence-corrected chi connectivity index (χ0v) is 15.1. The van der Waals surface area contributed by atoms with E-state index in [1.807, 2.05) is 30.3 Å². The summed E-state index contributed by atoms with van der Waals surface area (Å²) >= 11 is 0. The molecule has 2 aliphatic rings. The molecule has 2 heterocycles. The fourth-order valence-corrected chi connectivity index (χ4v) is 4.09. The second-order valence-corrected chi connectivity index (χ2v) is 7.47. The predicted octanol–water partition coefficient (Wildman–Crippen LogP) is 1.77. The molecule has 0 bridgehead atoms. The molecule has 1 fully saturated rings. The Morgan fingerprint density at radius 2 is 1.89 bits per heavy atom. The molecule has 0 saturated carbocycles. The van der Waals surface area contributed by atoms with Crippen molar-refractivity contribution in [3.8, 4) is 0 Å². The Kier molecular flexibility index (Phi) is 4.58. The maximum absolute atomic E-state index is 12.7. The molecule has 0 aliphatic carbocycles. The first-order valence-corrected chi connectivity index (χ1v) is 9.31. The van der Waals surface area contributed by atoms with Gasteiger partial charge in [0.05, 0.1) is 6.04 Å². The number of aryl methyl sites for hydroxylation is 1. The van der Waals surface area contributed by atoms with E-state index in [-0.39, 0.29) is 23.3 Å². The van der Waals surface area contributed by atoms with Gasteiger partial charge in [-0.3, -0.25) is 9.59 Å². The monoisotopic (exact) mass is 364 g/mol. The Hall–Kier alpha value is -2.86. The Morgan fingerprint density at radius 1 is 1.11 bits per heavy atom. The number of nitrogens with two attached hydrogens (primary N) is 1. The number of anilines is 2. The van der Waals surface area contributed by atoms with Crippen molar-refractivity contribution in [1.29, 1.82) is 0 Å². The summed E-state index contributed by atoms with van der Waals surface area (Å²) in [6.07, 6.45) is 1.72. The van der Waals surface area contributed by atoms with Crippen LogP contribution >= 0.6 is 0 Å². The Balaban J connectivity index is 1.38. The third-order valence-corrected chi connectivity index (χ3v) is 5.60. The number of amides is 2. The number of carbonyl (C=O) groups excluding carboxylic acids is 2. The van der Waals surface area contributed by atoms with Crippen molar-refractivity contribution in [3.05, 3.63) is 59.7 Å². The van der Waals surface area contributed by atoms with E-state index in [1.165, 1.54) is 11.3 Å². The minimum atomic E-state index is -0.309. The van der Waals surface area contributed by atoms with Gasteiger partial charge in [-0.15, -0.1) is 0 Å². The molecule has 2 unspecified atom stereocenters. The van der Waals surface area contributed by atoms with Crippen molar-refractivity contribution in [2.75, 3.05) is 23.7 Å². The largest absolute Gasteiger partial charge is 0.384 e. The zero-order chi connectivity index (χ0) is 18.9. The van der Waals surface area contributed by atoms with E-state index < -0.39 is 0 Å². The first-order chi connectivity index (χ1) is 13.1. The number of rotatable bonds is 5. The topological polar surface area (TPSA) is 96.2 Å². The van der Waals surface area contributed by atoms with Crippen LogP contribution in [0.5, 0.6) is 0 Å². The minimum absolute atomic E-state index is 0.0128. The molecule has 5 N–H and O–H groups in total. The van der Waals surface area contributed by atoms with Gasteiger partial charge < -0.3 is 21.7 Å². The van der Waals surface area contributed by atoms with Crippen molar-refractivity contribution in [3.63, 3.8) is 0 Å². The van der Waals surface area contributed by atoms with E-state index in [0.29, 0.717) is 12.8 Å². The van der Waals surface area contributed by atoms with Crippen molar-refractivity contribution in [2.24, 2.45) is 5.73 Å². The number of para-hydroxylation sites is 1. The molecule has 2 atom stereocenters. The third kappa shape index (κ3) is 3.53. The van der Waals surface area contributed by atoms with Gasteiger partial charge in [0.2, 0.25) is 11.8 Å². The molecule has 0 aromatic heterocycles. The number of benzene rings is 2. The lowest BCUT2D eigenvalue weighted by molar-refractivity contribution is -0.118. The normalized spacial score (nSPS) is 23.0. The highest BCUT2D eigenvalue weighted by atomic mass is 16.2. The lowest BCUT2D eigenvalue weighted by atomic mass is 9.80. The highest BCUT2D eigenvalue weighted by molar-refractivity contribution is 5.95. The number of fused-ring (bicyclic) bond motifs is 2. The van der Waals surface area contributed by atoms with Crippen LogP contribution in [-0.4, -0.2) is 30.9 Å². The summed E-state index contributed by atoms with van der Waals surface area (Å²) in [6.45, 7) is 1.65. The highest BCUT2D eigenvalue weighted by Gasteiger charge is 2.46. The molecule has 2 aromatic carbocycles. The van der Waals surface area contributed by atoms with Crippen LogP contribution in [0.3, 0.4) is 0 Å². The quantitative estimate of drug-likeness (QED) is 0.650. The van der Waals surface area contributed by atoms with Crippen LogP contribution in [0.4, 0.5) is 11.4 Å². The average Bonchev–Trinajstić information content (AvgIpc) is 3.27. The van der Waals surface area contributed by atoms with E-state index in [1.54, 1.807) is 0 Å². The van der Waals surface area contributed by atoms with Crippen LogP contribution < -0.4 is 21.7 Å². The van der Waals surface area contributed by atoms with Crippen LogP contribution in [0.2, 0.25) is 0 Å². The highest BCUT2D eigenvalue weighted by Crippen LogP contribution is 2.42. The van der Waals surface area contributed by atoms with Crippen molar-refractivity contribution in [1.82, 2.24) is 5.32 Å². The van der Waals surface area contributed by atoms with Crippen LogP contribution in [-0.2, 0) is 21.4 Å². The molecule has 27 heavy (non-hydrogen) atoms. The van der Waals surface area contributed by atoms with Gasteiger partial charge in [0.1, 0.15) is 0 Å². The first-order valence-electron chi connectivity index (χ1n) is 9.31. The number of carbonyl (C=O) groups is 2. The summed E-state index contributed by atoms with van der Waals surface area (Å²) in [5.41, 5.74) is 9.42. The fourth-order valence-electron chi connectivity index (χ4n) is 4.09. The van der Waals surface area contributed by atoms with Gasteiger partial charge in [0, 0.05) is 36.3 Å². The molecule has 1 spiro atoms. The summed E-state index contributed by atoms with van der Waals surface area (Å²) in [5.74, 6) is -0.322. The van der Waals surface area contributed by atoms with E-state index in [9.17, 15) is 9.59 Å². The average molecular weight is 364 g/mol. The van der Waals surface area contributed by atoms with Crippen LogP contribution in [0.1, 0.15) is 24.0 Å². The van der Waals surface area contributed by atoms with Crippen LogP contribution in [0.15, 0.2) is 48.5 Å². The second-order valence-electron chi connectivity index (χ2n) is 7.47. The smallest absolute Gasteiger partial charge is 0.241 e. The summed E-state index contributed by atoms with van der Waals surface area (Å²) in [6, 6.07) is 15.7. The van der Waals surface area contributed by atoms with Crippen molar-refractivity contribution < 1.29 is 9.59 Å². The van der Waals surface area contributed by atoms with Crippen molar-refractivity contribution >= 4 is 23.2 Å². The number of nitrogens with one attached hydrogen (secondary N) is 3. The standard InChI is InChI=1S/C21H24N4O2/c22-19(26)10-7-14-5-8-15(9-6-14)25-20(27)18-11-21(13-24-18)12-23-17-4-2-1-3-16(17)21/h1-6,8-9,18,23-24H,7,10-13H2,(H2,22,26)(H,25,27). The molecule has 6 heteroatoms. The fraction of sp³-hybridized carbons (Fsp3) is 0.333. The first kappa shape index (κ1) is 17.5. The van der Waals surface area contributed by atoms with E-state index >= 15 is 0 Å². The predicted molar refractivity (Wildman–Crippen MR) is 106 cm³/mol. The summed E-state index contributed by atoms with van der Waals surface area (Å²) < 4.78 is 0. The molecule has 2 aliphatic heterocycles. The number of hydrogen-bond donors (Lipinski definition) is 4. The van der Waals surface area contributed by atoms with Gasteiger partial charge >= 0.3 is 0 Å². The summed E-state index contributed by atoms with van der Waals surface area (Å²) in [5, 5.41) is 9.85. The molecule has 140 valence electrons. The Bertz CT molecular complexity index is 865. The molecule has 2 aromatic rings. The molecule has 0 radical (unpaired) electrons. The Labute approximate surface area is 158 Å². The lowest BCUT2D eigenvalue weighted by Gasteiger charge is -2.22. The van der Waals surface area contributed by atoms with Crippen LogP contribution in [0.25, 0.3) is 0 Å². The second kappa shape index (κ2) is 7.04. The van der Waals surface area contributed by atoms with E-state index in [2.05, 4.69) is 34.1 Å². The van der Waals surface area contributed by atoms with E-state index in [0.717, 1.165) is 30.8 Å². The van der Waals surface area contributed by atoms with Crippen LogP contribution in [0, 0.1) is 0 Å². The molecular formula is C21H24N4O2. The number of primary amides is 1. The van der Waals surface area contributed by atoms with Gasteiger partial charge in [-0.25, -0.2) is 0 Å². The molecule has 6 nitrogen and oxygen atoms in total. The molecular weight excluding hydrogens is 340 g/mol. The maximum Gasteiger partial charge on any atom is 0.241 e. The summed E-state index contributed by atoms with van der Waals surface area (Å²) in [4.78, 5) is 23.6. The molecule has 2 amide bonds. The Morgan fingerprint density at radius 3 is 2.67 bits per heavy atom. The van der Waals surface area contributed by atoms with Gasteiger partial charge in [0.15, 0.2) is 0 Å². The van der Waals surface area contributed by atoms with Crippen molar-refractivity contribution in [2.45, 2.75) is 30.7 Å². The lowest BCUT2D eigenvalue weighted by Crippen LogP contribution is -2.35.